The number of hydrogen-bond donors (Lipinski definition) is 0. The molecule has 0 atom stereocenters. The van der Waals surface area contributed by atoms with E-state index < -0.39 is 0 Å². The van der Waals surface area contributed by atoms with Gasteiger partial charge in [0.1, 0.15) is 0 Å². The van der Waals surface area contributed by atoms with Crippen molar-refractivity contribution >= 4 is 0 Å². The second kappa shape index (κ2) is 6.28. The van der Waals surface area contributed by atoms with Crippen LogP contribution < -0.4 is 5.56 Å². The van der Waals surface area contributed by atoms with Crippen LogP contribution in [0.1, 0.15) is 83.4 Å². The Morgan fingerprint density at radius 2 is 1.82 bits per heavy atom. The van der Waals surface area contributed by atoms with Gasteiger partial charge in [-0.05, 0) is 48.6 Å². The molecule has 2 aliphatic carbocycles. The van der Waals surface area contributed by atoms with E-state index in [0.717, 1.165) is 18.4 Å². The minimum Gasteiger partial charge on any atom is -0.312 e. The van der Waals surface area contributed by atoms with Gasteiger partial charge in [-0.25, -0.2) is 0 Å². The summed E-state index contributed by atoms with van der Waals surface area (Å²) in [7, 11) is 0. The van der Waals surface area contributed by atoms with Crippen molar-refractivity contribution in [3.63, 3.8) is 0 Å². The van der Waals surface area contributed by atoms with E-state index in [1.54, 1.807) is 0 Å². The van der Waals surface area contributed by atoms with Crippen LogP contribution in [0.4, 0.5) is 0 Å². The van der Waals surface area contributed by atoms with Gasteiger partial charge >= 0.3 is 0 Å². The van der Waals surface area contributed by atoms with Crippen LogP contribution in [0.5, 0.6) is 0 Å². The molecule has 0 aromatic carbocycles. The fraction of sp³-hybridized carbons (Fsp3) is 0.684. The Morgan fingerprint density at radius 3 is 2.27 bits per heavy atom. The van der Waals surface area contributed by atoms with Crippen LogP contribution in [0.25, 0.3) is 0 Å². The van der Waals surface area contributed by atoms with Gasteiger partial charge in [-0.2, -0.15) is 5.26 Å². The lowest BCUT2D eigenvalue weighted by Crippen LogP contribution is -2.37. The van der Waals surface area contributed by atoms with Crippen LogP contribution in [0.2, 0.25) is 0 Å². The first-order valence-corrected chi connectivity index (χ1v) is 8.56. The molecule has 0 radical (unpaired) electrons. The molecule has 2 aliphatic rings. The van der Waals surface area contributed by atoms with Crippen molar-refractivity contribution < 1.29 is 0 Å². The largest absolute Gasteiger partial charge is 0.312 e. The zero-order chi connectivity index (χ0) is 16.5. The summed E-state index contributed by atoms with van der Waals surface area (Å²) in [5, 5.41) is 8.92. The monoisotopic (exact) mass is 300 g/mol. The maximum Gasteiger partial charge on any atom is 0.254 e. The van der Waals surface area contributed by atoms with Gasteiger partial charge in [0.2, 0.25) is 0 Å². The van der Waals surface area contributed by atoms with Crippen molar-refractivity contribution in [3.8, 4) is 6.07 Å². The van der Waals surface area contributed by atoms with Crippen LogP contribution in [0, 0.1) is 17.2 Å². The molecule has 3 rings (SSSR count). The van der Waals surface area contributed by atoms with Crippen LogP contribution in [0.3, 0.4) is 0 Å². The highest BCUT2D eigenvalue weighted by Gasteiger charge is 2.34. The molecule has 0 saturated heterocycles. The SMILES string of the molecule is CC.CC(C)(C)c1cc(C2CC2)cn(C2CC(C#N)C2)c1=O. The van der Waals surface area contributed by atoms with Crippen LogP contribution in [-0.2, 0) is 5.41 Å². The molecule has 0 unspecified atom stereocenters. The summed E-state index contributed by atoms with van der Waals surface area (Å²) in [6.07, 6.45) is 6.20. The summed E-state index contributed by atoms with van der Waals surface area (Å²) in [5.41, 5.74) is 2.25. The van der Waals surface area contributed by atoms with E-state index in [-0.39, 0.29) is 22.9 Å². The molecule has 2 fully saturated rings. The standard InChI is InChI=1S/C17H22N2O.C2H6/c1-17(2,3)15-8-13(12-4-5-12)10-19(16(15)20)14-6-11(7-14)9-18;1-2/h8,10-12,14H,4-7H2,1-3H3;1-2H3. The molecule has 1 aromatic rings. The number of rotatable bonds is 2. The molecule has 1 heterocycles. The van der Waals surface area contributed by atoms with Gasteiger partial charge < -0.3 is 4.57 Å². The number of pyridine rings is 1. The summed E-state index contributed by atoms with van der Waals surface area (Å²) < 4.78 is 1.92. The summed E-state index contributed by atoms with van der Waals surface area (Å²) in [6.45, 7) is 10.3. The minimum absolute atomic E-state index is 0.123. The van der Waals surface area contributed by atoms with Crippen LogP contribution in [0.15, 0.2) is 17.1 Å². The molecule has 0 amide bonds. The Kier molecular flexibility index (Phi) is 4.80. The van der Waals surface area contributed by atoms with E-state index in [2.05, 4.69) is 39.1 Å². The van der Waals surface area contributed by atoms with Gasteiger partial charge in [0.25, 0.3) is 5.56 Å². The third kappa shape index (κ3) is 3.27. The van der Waals surface area contributed by atoms with E-state index in [9.17, 15) is 4.79 Å². The van der Waals surface area contributed by atoms with Gasteiger partial charge in [-0.3, -0.25) is 4.79 Å². The average molecular weight is 300 g/mol. The van der Waals surface area contributed by atoms with Gasteiger partial charge in [0.15, 0.2) is 0 Å². The Bertz CT molecular complexity index is 620. The van der Waals surface area contributed by atoms with E-state index in [0.29, 0.717) is 5.92 Å². The Labute approximate surface area is 134 Å². The molecule has 120 valence electrons. The van der Waals surface area contributed by atoms with Gasteiger partial charge in [-0.15, -0.1) is 0 Å². The maximum atomic E-state index is 12.7. The fourth-order valence-corrected chi connectivity index (χ4v) is 2.99. The second-order valence-electron chi connectivity index (χ2n) is 7.38. The topological polar surface area (TPSA) is 45.8 Å². The first-order chi connectivity index (χ1) is 10.4. The molecule has 0 bridgehead atoms. The molecule has 0 N–H and O–H groups in total. The van der Waals surface area contributed by atoms with Crippen molar-refractivity contribution in [2.75, 3.05) is 0 Å². The normalized spacial score (nSPS) is 23.8. The van der Waals surface area contributed by atoms with E-state index in [4.69, 9.17) is 5.26 Å². The van der Waals surface area contributed by atoms with Crippen molar-refractivity contribution in [1.82, 2.24) is 4.57 Å². The van der Waals surface area contributed by atoms with E-state index in [1.165, 1.54) is 18.4 Å². The second-order valence-corrected chi connectivity index (χ2v) is 7.38. The summed E-state index contributed by atoms with van der Waals surface area (Å²) >= 11 is 0. The van der Waals surface area contributed by atoms with Crippen molar-refractivity contribution in [3.05, 3.63) is 33.7 Å². The zero-order valence-electron chi connectivity index (χ0n) is 14.5. The first kappa shape index (κ1) is 16.8. The lowest BCUT2D eigenvalue weighted by atomic mass is 9.80. The fourth-order valence-electron chi connectivity index (χ4n) is 2.99. The molecular weight excluding hydrogens is 272 g/mol. The van der Waals surface area contributed by atoms with Gasteiger partial charge in [-0.1, -0.05) is 34.6 Å². The van der Waals surface area contributed by atoms with Gasteiger partial charge in [0, 0.05) is 17.8 Å². The smallest absolute Gasteiger partial charge is 0.254 e. The lowest BCUT2D eigenvalue weighted by Gasteiger charge is -2.33. The Hall–Kier alpha value is -1.56. The van der Waals surface area contributed by atoms with E-state index in [1.807, 2.05) is 18.4 Å². The molecular formula is C19H28N2O. The lowest BCUT2D eigenvalue weighted by molar-refractivity contribution is 0.241. The zero-order valence-corrected chi connectivity index (χ0v) is 14.5. The average Bonchev–Trinajstić information content (AvgIpc) is 3.25. The molecule has 2 saturated carbocycles. The summed E-state index contributed by atoms with van der Waals surface area (Å²) in [6, 6.07) is 4.65. The van der Waals surface area contributed by atoms with Crippen LogP contribution in [-0.4, -0.2) is 4.57 Å². The molecule has 22 heavy (non-hydrogen) atoms. The predicted octanol–water partition coefficient (Wildman–Crippen LogP) is 4.52. The molecule has 0 aliphatic heterocycles. The molecule has 1 aromatic heterocycles. The Morgan fingerprint density at radius 1 is 1.23 bits per heavy atom. The molecule has 3 heteroatoms. The highest BCUT2D eigenvalue weighted by molar-refractivity contribution is 5.30. The van der Waals surface area contributed by atoms with Crippen LogP contribution >= 0.6 is 0 Å². The number of nitrogens with zero attached hydrogens (tertiary/aromatic N) is 2. The summed E-state index contributed by atoms with van der Waals surface area (Å²) in [4.78, 5) is 12.7. The van der Waals surface area contributed by atoms with Gasteiger partial charge in [0.05, 0.1) is 12.0 Å². The number of hydrogen-bond acceptors (Lipinski definition) is 2. The molecule has 0 spiro atoms. The van der Waals surface area contributed by atoms with Crippen molar-refractivity contribution in [2.24, 2.45) is 5.92 Å². The van der Waals surface area contributed by atoms with Crippen molar-refractivity contribution in [1.29, 1.82) is 5.26 Å². The first-order valence-electron chi connectivity index (χ1n) is 8.56. The number of aromatic nitrogens is 1. The highest BCUT2D eigenvalue weighted by atomic mass is 16.1. The quantitative estimate of drug-likeness (QED) is 0.806. The highest BCUT2D eigenvalue weighted by Crippen LogP contribution is 2.42. The number of nitriles is 1. The third-order valence-electron chi connectivity index (χ3n) is 4.61. The Balaban J connectivity index is 0.000000847. The predicted molar refractivity (Wildman–Crippen MR) is 90.1 cm³/mol. The third-order valence-corrected chi connectivity index (χ3v) is 4.61. The summed E-state index contributed by atoms with van der Waals surface area (Å²) in [5.74, 6) is 0.782. The van der Waals surface area contributed by atoms with E-state index >= 15 is 0 Å². The maximum absolute atomic E-state index is 12.7. The minimum atomic E-state index is -0.123. The molecule has 3 nitrogen and oxygen atoms in total. The van der Waals surface area contributed by atoms with Crippen molar-refractivity contribution in [2.45, 2.75) is 77.7 Å².